The van der Waals surface area contributed by atoms with E-state index in [4.69, 9.17) is 4.74 Å². The Hall–Kier alpha value is -2.80. The number of nitrogens with zero attached hydrogens (tertiary/aromatic N) is 2. The van der Waals surface area contributed by atoms with Crippen molar-refractivity contribution in [1.29, 1.82) is 5.26 Å². The molecule has 120 valence electrons. The maximum Gasteiger partial charge on any atom is 0.335 e. The molecule has 0 amide bonds. The third-order valence-corrected chi connectivity index (χ3v) is 5.19. The van der Waals surface area contributed by atoms with Crippen LogP contribution in [0.4, 0.5) is 5.69 Å². The first kappa shape index (κ1) is 14.8. The molecule has 2 aliphatic rings. The Labute approximate surface area is 140 Å². The average Bonchev–Trinajstić information content (AvgIpc) is 2.92. The Bertz CT molecular complexity index is 894. The zero-order chi connectivity index (χ0) is 16.7. The molecule has 2 atom stereocenters. The first-order chi connectivity index (χ1) is 11.7. The monoisotopic (exact) mass is 318 g/mol. The number of rotatable bonds is 2. The Kier molecular flexibility index (Phi) is 3.50. The van der Waals surface area contributed by atoms with E-state index in [1.807, 2.05) is 36.4 Å². The van der Waals surface area contributed by atoms with E-state index < -0.39 is 0 Å². The molecule has 0 saturated carbocycles. The van der Waals surface area contributed by atoms with Crippen LogP contribution in [-0.4, -0.2) is 25.2 Å². The van der Waals surface area contributed by atoms with Crippen molar-refractivity contribution in [2.24, 2.45) is 0 Å². The number of nitriles is 1. The fourth-order valence-corrected chi connectivity index (χ4v) is 4.13. The van der Waals surface area contributed by atoms with Gasteiger partial charge >= 0.3 is 5.97 Å². The van der Waals surface area contributed by atoms with Gasteiger partial charge in [0, 0.05) is 22.5 Å². The normalized spacial score (nSPS) is 22.2. The summed E-state index contributed by atoms with van der Waals surface area (Å²) in [5, 5.41) is 11.4. The van der Waals surface area contributed by atoms with Crippen molar-refractivity contribution in [2.75, 3.05) is 12.0 Å². The van der Waals surface area contributed by atoms with Gasteiger partial charge in [0.2, 0.25) is 0 Å². The lowest BCUT2D eigenvalue weighted by Gasteiger charge is -2.37. The molecular formula is C20H18N2O2. The fourth-order valence-electron chi connectivity index (χ4n) is 4.13. The van der Waals surface area contributed by atoms with E-state index >= 15 is 0 Å². The molecule has 0 N–H and O–H groups in total. The molecule has 2 unspecified atom stereocenters. The molecule has 4 nitrogen and oxygen atoms in total. The SMILES string of the molecule is COC(=O)C1=CCC2CCC1N2c1ccc(C#N)c2ccccc12. The van der Waals surface area contributed by atoms with Crippen LogP contribution in [-0.2, 0) is 9.53 Å². The number of anilines is 1. The molecule has 1 fully saturated rings. The molecule has 2 aromatic carbocycles. The first-order valence-electron chi connectivity index (χ1n) is 8.23. The zero-order valence-corrected chi connectivity index (χ0v) is 13.5. The molecule has 0 aliphatic carbocycles. The van der Waals surface area contributed by atoms with Gasteiger partial charge in [0.05, 0.1) is 30.4 Å². The van der Waals surface area contributed by atoms with Gasteiger partial charge in [-0.3, -0.25) is 0 Å². The maximum absolute atomic E-state index is 12.1. The number of methoxy groups -OCH3 is 1. The molecule has 2 heterocycles. The molecule has 4 rings (SSSR count). The molecule has 1 saturated heterocycles. The average molecular weight is 318 g/mol. The second kappa shape index (κ2) is 5.68. The number of carbonyl (C=O) groups is 1. The standard InChI is InChI=1S/C20H18N2O2/c1-24-20(23)17-9-7-14-8-11-19(17)22(14)18-10-6-13(12-21)15-4-2-3-5-16(15)18/h2-6,9-10,14,19H,7-8,11H2,1H3. The van der Waals surface area contributed by atoms with Gasteiger partial charge in [-0.05, 0) is 31.4 Å². The molecule has 2 aliphatic heterocycles. The molecule has 0 aromatic heterocycles. The predicted octanol–water partition coefficient (Wildman–Crippen LogP) is 3.55. The highest BCUT2D eigenvalue weighted by Gasteiger charge is 2.41. The van der Waals surface area contributed by atoms with Crippen LogP contribution in [0.5, 0.6) is 0 Å². The third-order valence-electron chi connectivity index (χ3n) is 5.19. The first-order valence-corrected chi connectivity index (χ1v) is 8.23. The molecule has 24 heavy (non-hydrogen) atoms. The van der Waals surface area contributed by atoms with Gasteiger partial charge in [0.15, 0.2) is 0 Å². The number of hydrogen-bond donors (Lipinski definition) is 0. The lowest BCUT2D eigenvalue weighted by Crippen LogP contribution is -2.42. The number of esters is 1. The van der Waals surface area contributed by atoms with Crippen molar-refractivity contribution in [3.63, 3.8) is 0 Å². The zero-order valence-electron chi connectivity index (χ0n) is 13.5. The highest BCUT2D eigenvalue weighted by atomic mass is 16.5. The van der Waals surface area contributed by atoms with Crippen LogP contribution >= 0.6 is 0 Å². The molecule has 4 heteroatoms. The van der Waals surface area contributed by atoms with E-state index in [1.165, 1.54) is 7.11 Å². The van der Waals surface area contributed by atoms with E-state index in [2.05, 4.69) is 17.0 Å². The highest BCUT2D eigenvalue weighted by molar-refractivity contribution is 5.99. The largest absolute Gasteiger partial charge is 0.466 e. The van der Waals surface area contributed by atoms with E-state index in [0.29, 0.717) is 11.6 Å². The van der Waals surface area contributed by atoms with Crippen LogP contribution in [0.2, 0.25) is 0 Å². The molecule has 2 bridgehead atoms. The number of benzene rings is 2. The minimum Gasteiger partial charge on any atom is -0.466 e. The minimum atomic E-state index is -0.233. The van der Waals surface area contributed by atoms with Crippen molar-refractivity contribution in [3.05, 3.63) is 53.6 Å². The second-order valence-corrected chi connectivity index (χ2v) is 6.33. The fraction of sp³-hybridized carbons (Fsp3) is 0.300. The van der Waals surface area contributed by atoms with E-state index in [-0.39, 0.29) is 12.0 Å². The van der Waals surface area contributed by atoms with Crippen molar-refractivity contribution in [2.45, 2.75) is 31.3 Å². The van der Waals surface area contributed by atoms with Gasteiger partial charge in [-0.15, -0.1) is 0 Å². The molecular weight excluding hydrogens is 300 g/mol. The van der Waals surface area contributed by atoms with Gasteiger partial charge < -0.3 is 9.64 Å². The molecule has 0 radical (unpaired) electrons. The van der Waals surface area contributed by atoms with Crippen molar-refractivity contribution < 1.29 is 9.53 Å². The lowest BCUT2D eigenvalue weighted by atomic mass is 9.97. The van der Waals surface area contributed by atoms with Gasteiger partial charge in [0.25, 0.3) is 0 Å². The molecule has 2 aromatic rings. The smallest absolute Gasteiger partial charge is 0.335 e. The van der Waals surface area contributed by atoms with Crippen LogP contribution in [0.1, 0.15) is 24.8 Å². The minimum absolute atomic E-state index is 0.0625. The summed E-state index contributed by atoms with van der Waals surface area (Å²) in [5.74, 6) is -0.233. The summed E-state index contributed by atoms with van der Waals surface area (Å²) >= 11 is 0. The van der Waals surface area contributed by atoms with Crippen LogP contribution in [0.15, 0.2) is 48.0 Å². The van der Waals surface area contributed by atoms with Gasteiger partial charge in [0.1, 0.15) is 0 Å². The number of hydrogen-bond acceptors (Lipinski definition) is 4. The van der Waals surface area contributed by atoms with Gasteiger partial charge in [-0.1, -0.05) is 30.3 Å². The summed E-state index contributed by atoms with van der Waals surface area (Å²) in [4.78, 5) is 14.5. The van der Waals surface area contributed by atoms with Crippen LogP contribution < -0.4 is 4.90 Å². The van der Waals surface area contributed by atoms with Crippen LogP contribution in [0, 0.1) is 11.3 Å². The lowest BCUT2D eigenvalue weighted by molar-refractivity contribution is -0.136. The quantitative estimate of drug-likeness (QED) is 0.795. The van der Waals surface area contributed by atoms with Crippen molar-refractivity contribution in [1.82, 2.24) is 0 Å². The van der Waals surface area contributed by atoms with Crippen molar-refractivity contribution >= 4 is 22.4 Å². The summed E-state index contributed by atoms with van der Waals surface area (Å²) in [6, 6.07) is 14.6. The van der Waals surface area contributed by atoms with E-state index in [1.54, 1.807) is 0 Å². The highest BCUT2D eigenvalue weighted by Crippen LogP contribution is 2.42. The Balaban J connectivity index is 1.86. The van der Waals surface area contributed by atoms with Crippen LogP contribution in [0.25, 0.3) is 10.8 Å². The summed E-state index contributed by atoms with van der Waals surface area (Å²) in [6.07, 6.45) is 4.92. The topological polar surface area (TPSA) is 53.3 Å². The van der Waals surface area contributed by atoms with Crippen molar-refractivity contribution in [3.8, 4) is 6.07 Å². The summed E-state index contributed by atoms with van der Waals surface area (Å²) < 4.78 is 4.97. The summed E-state index contributed by atoms with van der Waals surface area (Å²) in [7, 11) is 1.44. The molecule has 0 spiro atoms. The third kappa shape index (κ3) is 2.09. The van der Waals surface area contributed by atoms with Gasteiger partial charge in [-0.2, -0.15) is 5.26 Å². The number of fused-ring (bicyclic) bond motifs is 3. The Morgan fingerprint density at radius 3 is 2.75 bits per heavy atom. The predicted molar refractivity (Wildman–Crippen MR) is 92.7 cm³/mol. The second-order valence-electron chi connectivity index (χ2n) is 6.33. The van der Waals surface area contributed by atoms with E-state index in [0.717, 1.165) is 41.3 Å². The Morgan fingerprint density at radius 2 is 2.00 bits per heavy atom. The Morgan fingerprint density at radius 1 is 1.21 bits per heavy atom. The van der Waals surface area contributed by atoms with Crippen LogP contribution in [0.3, 0.4) is 0 Å². The number of carbonyl (C=O) groups excluding carboxylic acids is 1. The summed E-state index contributed by atoms with van der Waals surface area (Å²) in [6.45, 7) is 0. The maximum atomic E-state index is 12.1. The number of ether oxygens (including phenoxy) is 1. The van der Waals surface area contributed by atoms with Gasteiger partial charge in [-0.25, -0.2) is 4.79 Å². The summed E-state index contributed by atoms with van der Waals surface area (Å²) in [5.41, 5.74) is 2.55. The van der Waals surface area contributed by atoms with E-state index in [9.17, 15) is 10.1 Å².